The summed E-state index contributed by atoms with van der Waals surface area (Å²) in [5.41, 5.74) is -0.153. The molecule has 0 atom stereocenters. The lowest BCUT2D eigenvalue weighted by molar-refractivity contribution is -0.117. The molecule has 0 spiro atoms. The van der Waals surface area contributed by atoms with Crippen LogP contribution in [0.2, 0.25) is 0 Å². The molecule has 5 nitrogen and oxygen atoms in total. The lowest BCUT2D eigenvalue weighted by Crippen LogP contribution is -2.33. The molecule has 0 radical (unpaired) electrons. The Balaban J connectivity index is 2.55. The van der Waals surface area contributed by atoms with Gasteiger partial charge in [-0.3, -0.25) is 4.79 Å². The molecule has 1 aromatic rings. The number of carbonyl (C=O) groups is 1. The summed E-state index contributed by atoms with van der Waals surface area (Å²) < 4.78 is 5.08. The normalized spacial score (nSPS) is 11.8. The number of amides is 1. The van der Waals surface area contributed by atoms with Crippen molar-refractivity contribution in [3.8, 4) is 6.07 Å². The number of rotatable bonds is 4. The minimum Gasteiger partial charge on any atom is -0.467 e. The standard InChI is InChI=1S/C13H17N3O2/c1-13(2,3)16-8-10(7-14)12(17)15-9-11-5-4-6-18-11/h4-6,8,16H,9H2,1-3H3,(H,15,17)/b10-8-. The summed E-state index contributed by atoms with van der Waals surface area (Å²) in [5, 5.41) is 14.5. The van der Waals surface area contributed by atoms with E-state index < -0.39 is 5.91 Å². The van der Waals surface area contributed by atoms with Crippen LogP contribution in [0.25, 0.3) is 0 Å². The summed E-state index contributed by atoms with van der Waals surface area (Å²) in [4.78, 5) is 11.7. The van der Waals surface area contributed by atoms with E-state index in [-0.39, 0.29) is 17.7 Å². The topological polar surface area (TPSA) is 78.1 Å². The minimum atomic E-state index is -0.425. The molecule has 1 amide bonds. The number of nitrogens with zero attached hydrogens (tertiary/aromatic N) is 1. The van der Waals surface area contributed by atoms with Crippen LogP contribution in [-0.2, 0) is 11.3 Å². The molecule has 0 saturated carbocycles. The van der Waals surface area contributed by atoms with Crippen LogP contribution >= 0.6 is 0 Å². The average molecular weight is 247 g/mol. The molecule has 1 heterocycles. The van der Waals surface area contributed by atoms with E-state index in [4.69, 9.17) is 9.68 Å². The van der Waals surface area contributed by atoms with Crippen LogP contribution < -0.4 is 10.6 Å². The minimum absolute atomic E-state index is 0.0384. The third kappa shape index (κ3) is 4.74. The Morgan fingerprint density at radius 3 is 2.78 bits per heavy atom. The van der Waals surface area contributed by atoms with Gasteiger partial charge in [0.15, 0.2) is 0 Å². The van der Waals surface area contributed by atoms with Gasteiger partial charge in [-0.25, -0.2) is 0 Å². The Morgan fingerprint density at radius 1 is 1.56 bits per heavy atom. The predicted molar refractivity (Wildman–Crippen MR) is 67.1 cm³/mol. The van der Waals surface area contributed by atoms with Crippen molar-refractivity contribution in [2.45, 2.75) is 32.9 Å². The predicted octanol–water partition coefficient (Wildman–Crippen LogP) is 1.69. The van der Waals surface area contributed by atoms with Gasteiger partial charge < -0.3 is 15.1 Å². The van der Waals surface area contributed by atoms with Gasteiger partial charge >= 0.3 is 0 Å². The van der Waals surface area contributed by atoms with Gasteiger partial charge in [0.2, 0.25) is 0 Å². The molecule has 1 aromatic heterocycles. The van der Waals surface area contributed by atoms with Crippen molar-refractivity contribution in [3.05, 3.63) is 35.9 Å². The molecule has 96 valence electrons. The van der Waals surface area contributed by atoms with Crippen LogP contribution in [-0.4, -0.2) is 11.4 Å². The lowest BCUT2D eigenvalue weighted by Gasteiger charge is -2.18. The van der Waals surface area contributed by atoms with Crippen molar-refractivity contribution in [2.75, 3.05) is 0 Å². The van der Waals surface area contributed by atoms with Gasteiger partial charge in [0, 0.05) is 11.7 Å². The van der Waals surface area contributed by atoms with E-state index in [1.807, 2.05) is 26.8 Å². The highest BCUT2D eigenvalue weighted by atomic mass is 16.3. The highest BCUT2D eigenvalue weighted by Crippen LogP contribution is 2.02. The van der Waals surface area contributed by atoms with Gasteiger partial charge in [-0.15, -0.1) is 0 Å². The fourth-order valence-electron chi connectivity index (χ4n) is 1.11. The first-order valence-electron chi connectivity index (χ1n) is 5.61. The second-order valence-corrected chi connectivity index (χ2v) is 4.83. The monoisotopic (exact) mass is 247 g/mol. The molecule has 0 saturated heterocycles. The SMILES string of the molecule is CC(C)(C)N/C=C(/C#N)C(=O)NCc1ccco1. The Morgan fingerprint density at radius 2 is 2.28 bits per heavy atom. The second-order valence-electron chi connectivity index (χ2n) is 4.83. The van der Waals surface area contributed by atoms with E-state index >= 15 is 0 Å². The van der Waals surface area contributed by atoms with E-state index in [0.29, 0.717) is 5.76 Å². The molecule has 5 heteroatoms. The van der Waals surface area contributed by atoms with E-state index in [9.17, 15) is 4.79 Å². The molecule has 0 fully saturated rings. The Hall–Kier alpha value is -2.22. The largest absolute Gasteiger partial charge is 0.467 e. The summed E-state index contributed by atoms with van der Waals surface area (Å²) in [6, 6.07) is 5.35. The highest BCUT2D eigenvalue weighted by Gasteiger charge is 2.12. The maximum Gasteiger partial charge on any atom is 0.263 e. The fourth-order valence-corrected chi connectivity index (χ4v) is 1.11. The van der Waals surface area contributed by atoms with Crippen LogP contribution in [0.5, 0.6) is 0 Å². The number of nitrogens with one attached hydrogen (secondary N) is 2. The number of hydrogen-bond acceptors (Lipinski definition) is 4. The van der Waals surface area contributed by atoms with Crippen molar-refractivity contribution in [3.63, 3.8) is 0 Å². The van der Waals surface area contributed by atoms with Crippen molar-refractivity contribution >= 4 is 5.91 Å². The van der Waals surface area contributed by atoms with Crippen LogP contribution in [0, 0.1) is 11.3 Å². The van der Waals surface area contributed by atoms with Gasteiger partial charge in [0.05, 0.1) is 12.8 Å². The molecule has 0 aromatic carbocycles. The maximum absolute atomic E-state index is 11.7. The molecule has 0 unspecified atom stereocenters. The van der Waals surface area contributed by atoms with Gasteiger partial charge in [-0.1, -0.05) is 0 Å². The molecule has 0 aliphatic heterocycles. The summed E-state index contributed by atoms with van der Waals surface area (Å²) in [5.74, 6) is 0.218. The molecular formula is C13H17N3O2. The van der Waals surface area contributed by atoms with Crippen molar-refractivity contribution < 1.29 is 9.21 Å². The van der Waals surface area contributed by atoms with Crippen molar-refractivity contribution in [1.82, 2.24) is 10.6 Å². The van der Waals surface area contributed by atoms with Crippen LogP contribution in [0.1, 0.15) is 26.5 Å². The average Bonchev–Trinajstić information content (AvgIpc) is 2.78. The molecule has 0 aliphatic rings. The van der Waals surface area contributed by atoms with Crippen molar-refractivity contribution in [1.29, 1.82) is 5.26 Å². The fraction of sp³-hybridized carbons (Fsp3) is 0.385. The van der Waals surface area contributed by atoms with Gasteiger partial charge in [0.25, 0.3) is 5.91 Å². The van der Waals surface area contributed by atoms with Crippen molar-refractivity contribution in [2.24, 2.45) is 0 Å². The Bertz CT molecular complexity index is 461. The Labute approximate surface area is 106 Å². The third-order valence-corrected chi connectivity index (χ3v) is 2.02. The number of hydrogen-bond donors (Lipinski definition) is 2. The zero-order valence-electron chi connectivity index (χ0n) is 10.8. The molecule has 1 rings (SSSR count). The third-order valence-electron chi connectivity index (χ3n) is 2.02. The Kier molecular flexibility index (Phi) is 4.55. The van der Waals surface area contributed by atoms with Crippen LogP contribution in [0.4, 0.5) is 0 Å². The summed E-state index contributed by atoms with van der Waals surface area (Å²) in [6.07, 6.45) is 2.96. The number of carbonyl (C=O) groups excluding carboxylic acids is 1. The first-order chi connectivity index (χ1) is 8.42. The first kappa shape index (κ1) is 13.8. The lowest BCUT2D eigenvalue weighted by atomic mass is 10.1. The van der Waals surface area contributed by atoms with E-state index in [1.54, 1.807) is 12.1 Å². The molecule has 18 heavy (non-hydrogen) atoms. The summed E-state index contributed by atoms with van der Waals surface area (Å²) in [6.45, 7) is 6.10. The van der Waals surface area contributed by atoms with Gasteiger partial charge in [-0.05, 0) is 32.9 Å². The van der Waals surface area contributed by atoms with Crippen LogP contribution in [0.3, 0.4) is 0 Å². The van der Waals surface area contributed by atoms with E-state index in [0.717, 1.165) is 0 Å². The maximum atomic E-state index is 11.7. The zero-order valence-corrected chi connectivity index (χ0v) is 10.8. The first-order valence-corrected chi connectivity index (χ1v) is 5.61. The zero-order chi connectivity index (χ0) is 13.6. The highest BCUT2D eigenvalue weighted by molar-refractivity contribution is 5.97. The van der Waals surface area contributed by atoms with Gasteiger partial charge in [0.1, 0.15) is 17.4 Å². The quantitative estimate of drug-likeness (QED) is 0.627. The molecular weight excluding hydrogens is 230 g/mol. The summed E-state index contributed by atoms with van der Waals surface area (Å²) in [7, 11) is 0. The number of furan rings is 1. The van der Waals surface area contributed by atoms with Gasteiger partial charge in [-0.2, -0.15) is 5.26 Å². The number of nitriles is 1. The summed E-state index contributed by atoms with van der Waals surface area (Å²) >= 11 is 0. The smallest absolute Gasteiger partial charge is 0.263 e. The van der Waals surface area contributed by atoms with E-state index in [1.165, 1.54) is 12.5 Å². The molecule has 0 aliphatic carbocycles. The van der Waals surface area contributed by atoms with Crippen LogP contribution in [0.15, 0.2) is 34.6 Å². The molecule has 2 N–H and O–H groups in total. The van der Waals surface area contributed by atoms with E-state index in [2.05, 4.69) is 10.6 Å². The molecule has 0 bridgehead atoms. The second kappa shape index (κ2) is 5.92.